The Balaban J connectivity index is 1.87. The summed E-state index contributed by atoms with van der Waals surface area (Å²) in [5.41, 5.74) is -0.774. The number of hydrogen-bond donors (Lipinski definition) is 1. The topological polar surface area (TPSA) is 69.0 Å². The minimum atomic E-state index is -4.49. The van der Waals surface area contributed by atoms with Gasteiger partial charge in [-0.1, -0.05) is 0 Å². The van der Waals surface area contributed by atoms with Gasteiger partial charge in [0.1, 0.15) is 5.69 Å². The van der Waals surface area contributed by atoms with Gasteiger partial charge in [0.05, 0.1) is 11.9 Å². The van der Waals surface area contributed by atoms with E-state index in [0.29, 0.717) is 13.1 Å². The van der Waals surface area contributed by atoms with Crippen molar-refractivity contribution in [2.45, 2.75) is 19.0 Å². The number of nitrogens with zero attached hydrogens (tertiary/aromatic N) is 3. The molecule has 1 N–H and O–H groups in total. The maximum Gasteiger partial charge on any atom is 0.433 e. The molecule has 1 aliphatic heterocycles. The molecule has 0 aromatic carbocycles. The van der Waals surface area contributed by atoms with Gasteiger partial charge in [0.15, 0.2) is 6.19 Å². The lowest BCUT2D eigenvalue weighted by Gasteiger charge is -2.11. The van der Waals surface area contributed by atoms with Crippen LogP contribution in [0.2, 0.25) is 0 Å². The van der Waals surface area contributed by atoms with Crippen LogP contribution in [-0.4, -0.2) is 28.9 Å². The summed E-state index contributed by atoms with van der Waals surface area (Å²) in [6.07, 6.45) is -0.496. The largest absolute Gasteiger partial charge is 0.433 e. The number of anilines is 1. The Labute approximate surface area is 119 Å². The third-order valence-electron chi connectivity index (χ3n) is 3.24. The number of carbonyl (C=O) groups is 1. The first kappa shape index (κ1) is 15.1. The second kappa shape index (κ2) is 5.99. The molecule has 1 aliphatic rings. The van der Waals surface area contributed by atoms with Crippen molar-refractivity contribution in [3.05, 3.63) is 24.0 Å². The zero-order valence-corrected chi connectivity index (χ0v) is 11.0. The molecule has 0 aliphatic carbocycles. The fraction of sp³-hybridized carbons (Fsp3) is 0.462. The summed E-state index contributed by atoms with van der Waals surface area (Å²) in [7, 11) is 0. The number of halogens is 3. The maximum atomic E-state index is 12.3. The van der Waals surface area contributed by atoms with Crippen LogP contribution < -0.4 is 5.32 Å². The maximum absolute atomic E-state index is 12.3. The summed E-state index contributed by atoms with van der Waals surface area (Å²) in [5.74, 6) is -0.201. The summed E-state index contributed by atoms with van der Waals surface area (Å²) in [4.78, 5) is 16.6. The van der Waals surface area contributed by atoms with Crippen LogP contribution in [0.1, 0.15) is 18.5 Å². The minimum Gasteiger partial charge on any atom is -0.325 e. The Morgan fingerprint density at radius 1 is 1.52 bits per heavy atom. The molecular weight excluding hydrogens is 285 g/mol. The van der Waals surface area contributed by atoms with Crippen molar-refractivity contribution in [2.75, 3.05) is 18.4 Å². The molecule has 1 atom stereocenters. The number of nitriles is 1. The lowest BCUT2D eigenvalue weighted by Crippen LogP contribution is -2.19. The first-order chi connectivity index (χ1) is 9.88. The first-order valence-corrected chi connectivity index (χ1v) is 6.36. The van der Waals surface area contributed by atoms with E-state index in [2.05, 4.69) is 10.3 Å². The van der Waals surface area contributed by atoms with Crippen molar-refractivity contribution in [3.8, 4) is 6.19 Å². The molecule has 1 unspecified atom stereocenters. The number of hydrogen-bond acceptors (Lipinski definition) is 4. The summed E-state index contributed by atoms with van der Waals surface area (Å²) < 4.78 is 37.0. The molecule has 0 radical (unpaired) electrons. The molecule has 5 nitrogen and oxygen atoms in total. The van der Waals surface area contributed by atoms with Crippen LogP contribution in [0.15, 0.2) is 18.3 Å². The van der Waals surface area contributed by atoms with E-state index in [1.807, 2.05) is 6.19 Å². The zero-order valence-electron chi connectivity index (χ0n) is 11.0. The van der Waals surface area contributed by atoms with E-state index in [1.165, 1.54) is 6.07 Å². The van der Waals surface area contributed by atoms with Gasteiger partial charge in [-0.05, 0) is 24.5 Å². The molecule has 2 heterocycles. The molecule has 1 fully saturated rings. The van der Waals surface area contributed by atoms with E-state index in [9.17, 15) is 18.0 Å². The van der Waals surface area contributed by atoms with Gasteiger partial charge in [-0.2, -0.15) is 18.4 Å². The molecule has 0 bridgehead atoms. The second-order valence-corrected chi connectivity index (χ2v) is 4.88. The molecule has 1 saturated heterocycles. The highest BCUT2D eigenvalue weighted by Gasteiger charge is 2.32. The van der Waals surface area contributed by atoms with Gasteiger partial charge in [0.2, 0.25) is 5.91 Å². The van der Waals surface area contributed by atoms with E-state index in [0.717, 1.165) is 18.7 Å². The zero-order chi connectivity index (χ0) is 15.5. The van der Waals surface area contributed by atoms with Crippen LogP contribution in [0.4, 0.5) is 18.9 Å². The Hall–Kier alpha value is -2.30. The Bertz CT molecular complexity index is 550. The molecule has 112 valence electrons. The Morgan fingerprint density at radius 2 is 2.29 bits per heavy atom. The summed E-state index contributed by atoms with van der Waals surface area (Å²) in [6, 6.07) is 1.99. The van der Waals surface area contributed by atoms with E-state index in [4.69, 9.17) is 5.26 Å². The van der Waals surface area contributed by atoms with E-state index >= 15 is 0 Å². The predicted octanol–water partition coefficient (Wildman–Crippen LogP) is 2.23. The number of rotatable bonds is 3. The average molecular weight is 298 g/mol. The van der Waals surface area contributed by atoms with Gasteiger partial charge in [0, 0.05) is 19.5 Å². The van der Waals surface area contributed by atoms with Crippen LogP contribution in [0.5, 0.6) is 0 Å². The third-order valence-corrected chi connectivity index (χ3v) is 3.24. The highest BCUT2D eigenvalue weighted by atomic mass is 19.4. The predicted molar refractivity (Wildman–Crippen MR) is 67.8 cm³/mol. The number of likely N-dealkylation sites (tertiary alicyclic amines) is 1. The highest BCUT2D eigenvalue weighted by Crippen LogP contribution is 2.28. The molecule has 21 heavy (non-hydrogen) atoms. The lowest BCUT2D eigenvalue weighted by atomic mass is 10.0. The van der Waals surface area contributed by atoms with Gasteiger partial charge in [-0.25, -0.2) is 4.98 Å². The molecule has 0 saturated carbocycles. The molecule has 8 heteroatoms. The van der Waals surface area contributed by atoms with Crippen molar-refractivity contribution in [1.29, 1.82) is 5.26 Å². The fourth-order valence-electron chi connectivity index (χ4n) is 2.20. The molecule has 0 spiro atoms. The molecule has 1 aromatic heterocycles. The number of carbonyl (C=O) groups excluding carboxylic acids is 1. The second-order valence-electron chi connectivity index (χ2n) is 4.88. The highest BCUT2D eigenvalue weighted by molar-refractivity contribution is 5.90. The van der Waals surface area contributed by atoms with Crippen molar-refractivity contribution in [3.63, 3.8) is 0 Å². The molecule has 2 rings (SSSR count). The smallest absolute Gasteiger partial charge is 0.325 e. The Morgan fingerprint density at radius 3 is 2.81 bits per heavy atom. The molecular formula is C13H13F3N4O. The quantitative estimate of drug-likeness (QED) is 0.869. The van der Waals surface area contributed by atoms with E-state index < -0.39 is 11.9 Å². The van der Waals surface area contributed by atoms with Crippen molar-refractivity contribution < 1.29 is 18.0 Å². The van der Waals surface area contributed by atoms with Crippen molar-refractivity contribution in [2.24, 2.45) is 5.92 Å². The molecule has 1 aromatic rings. The number of amides is 1. The van der Waals surface area contributed by atoms with E-state index in [-0.39, 0.29) is 23.9 Å². The molecule has 1 amide bonds. The summed E-state index contributed by atoms with van der Waals surface area (Å²) >= 11 is 0. The minimum absolute atomic E-state index is 0.0899. The number of alkyl halides is 3. The standard InChI is InChI=1S/C13H13F3N4O/c14-13(15,16)11-2-1-10(6-18-11)19-12(21)5-9-3-4-20(7-9)8-17/h1-2,6,9H,3-5,7H2,(H,19,21). The van der Waals surface area contributed by atoms with Gasteiger partial charge >= 0.3 is 6.18 Å². The van der Waals surface area contributed by atoms with Crippen LogP contribution in [0, 0.1) is 17.4 Å². The van der Waals surface area contributed by atoms with Crippen LogP contribution >= 0.6 is 0 Å². The Kier molecular flexibility index (Phi) is 4.31. The number of pyridine rings is 1. The van der Waals surface area contributed by atoms with Gasteiger partial charge in [0.25, 0.3) is 0 Å². The third kappa shape index (κ3) is 4.08. The van der Waals surface area contributed by atoms with Gasteiger partial charge < -0.3 is 10.2 Å². The van der Waals surface area contributed by atoms with Crippen molar-refractivity contribution in [1.82, 2.24) is 9.88 Å². The number of nitrogens with one attached hydrogen (secondary N) is 1. The monoisotopic (exact) mass is 298 g/mol. The van der Waals surface area contributed by atoms with Gasteiger partial charge in [-0.3, -0.25) is 4.79 Å². The van der Waals surface area contributed by atoms with Gasteiger partial charge in [-0.15, -0.1) is 0 Å². The van der Waals surface area contributed by atoms with Crippen LogP contribution in [-0.2, 0) is 11.0 Å². The average Bonchev–Trinajstić information content (AvgIpc) is 2.85. The first-order valence-electron chi connectivity index (χ1n) is 6.36. The van der Waals surface area contributed by atoms with Crippen molar-refractivity contribution >= 4 is 11.6 Å². The van der Waals surface area contributed by atoms with Crippen LogP contribution in [0.25, 0.3) is 0 Å². The number of aromatic nitrogens is 1. The van der Waals surface area contributed by atoms with Crippen LogP contribution in [0.3, 0.4) is 0 Å². The van der Waals surface area contributed by atoms with E-state index in [1.54, 1.807) is 4.90 Å². The summed E-state index contributed by atoms with van der Waals surface area (Å²) in [5, 5.41) is 11.2. The summed E-state index contributed by atoms with van der Waals surface area (Å²) in [6.45, 7) is 1.17. The fourth-order valence-corrected chi connectivity index (χ4v) is 2.20. The SMILES string of the molecule is N#CN1CCC(CC(=O)Nc2ccc(C(F)(F)F)nc2)C1. The normalized spacial score (nSPS) is 18.4. The lowest BCUT2D eigenvalue weighted by molar-refractivity contribution is -0.141.